The van der Waals surface area contributed by atoms with E-state index in [1.165, 1.54) is 6.33 Å². The molecule has 5 rings (SSSR count). The van der Waals surface area contributed by atoms with Crippen LogP contribution >= 0.6 is 0 Å². The smallest absolute Gasteiger partial charge is 0.253 e. The zero-order valence-corrected chi connectivity index (χ0v) is 16.9. The molecule has 2 aliphatic heterocycles. The van der Waals surface area contributed by atoms with Crippen molar-refractivity contribution in [1.82, 2.24) is 29.7 Å². The molecule has 2 aliphatic rings. The van der Waals surface area contributed by atoms with Gasteiger partial charge in [-0.25, -0.2) is 4.68 Å². The number of hydrogen-bond donors (Lipinski definition) is 0. The molecule has 2 bridgehead atoms. The van der Waals surface area contributed by atoms with Gasteiger partial charge in [0.2, 0.25) is 0 Å². The summed E-state index contributed by atoms with van der Waals surface area (Å²) in [7, 11) is 0. The number of amides is 1. The number of tetrazole rings is 1. The number of carbonyl (C=O) groups is 1. The van der Waals surface area contributed by atoms with Gasteiger partial charge in [-0.1, -0.05) is 19.4 Å². The Balaban J connectivity index is 1.42. The minimum absolute atomic E-state index is 0.0370. The Bertz CT molecular complexity index is 1110. The highest BCUT2D eigenvalue weighted by Gasteiger charge is 2.41. The maximum Gasteiger partial charge on any atom is 0.253 e. The molecule has 0 spiro atoms. The van der Waals surface area contributed by atoms with Crippen LogP contribution in [0, 0.1) is 5.92 Å². The number of carbonyl (C=O) groups excluding carboxylic acids is 1. The highest BCUT2D eigenvalue weighted by atomic mass is 16.2. The number of aromatic nitrogens is 5. The van der Waals surface area contributed by atoms with Gasteiger partial charge in [-0.15, -0.1) is 5.10 Å². The topological polar surface area (TPSA) is 85.9 Å². The molecule has 8 nitrogen and oxygen atoms in total. The number of benzene rings is 1. The lowest BCUT2D eigenvalue weighted by molar-refractivity contribution is 0.0519. The van der Waals surface area contributed by atoms with Gasteiger partial charge < -0.3 is 9.47 Å². The fourth-order valence-electron chi connectivity index (χ4n) is 5.09. The molecule has 1 fully saturated rings. The van der Waals surface area contributed by atoms with Crippen LogP contribution in [0.4, 0.5) is 0 Å². The second-order valence-electron chi connectivity index (χ2n) is 8.22. The first-order valence-corrected chi connectivity index (χ1v) is 10.5. The van der Waals surface area contributed by atoms with Gasteiger partial charge in [0.05, 0.1) is 5.69 Å². The van der Waals surface area contributed by atoms with E-state index in [0.717, 1.165) is 30.6 Å². The number of piperidine rings is 1. The third kappa shape index (κ3) is 3.12. The van der Waals surface area contributed by atoms with Crippen molar-refractivity contribution in [1.29, 1.82) is 0 Å². The first-order valence-electron chi connectivity index (χ1n) is 10.5. The molecule has 1 amide bonds. The van der Waals surface area contributed by atoms with Gasteiger partial charge in [0, 0.05) is 42.4 Å². The monoisotopic (exact) mass is 404 g/mol. The molecule has 0 N–H and O–H groups in total. The highest BCUT2D eigenvalue weighted by Crippen LogP contribution is 2.43. The van der Waals surface area contributed by atoms with Crippen LogP contribution in [-0.4, -0.2) is 48.7 Å². The molecule has 0 saturated carbocycles. The predicted octanol–water partition coefficient (Wildman–Crippen LogP) is 2.42. The van der Waals surface area contributed by atoms with Crippen molar-refractivity contribution in [2.75, 3.05) is 13.1 Å². The van der Waals surface area contributed by atoms with E-state index in [1.807, 2.05) is 39.8 Å². The quantitative estimate of drug-likeness (QED) is 0.667. The van der Waals surface area contributed by atoms with Gasteiger partial charge in [0.1, 0.15) is 6.33 Å². The SMILES string of the molecule is CCC[C@H]1[C@H]2C[C@H](CN(C(=O)c3ccc(-n4cnnn4)cc3)C2)c2cccc(=O)n21. The average Bonchev–Trinajstić information content (AvgIpc) is 3.31. The Kier molecular flexibility index (Phi) is 4.69. The highest BCUT2D eigenvalue weighted by molar-refractivity contribution is 5.94. The largest absolute Gasteiger partial charge is 0.338 e. The predicted molar refractivity (Wildman–Crippen MR) is 111 cm³/mol. The van der Waals surface area contributed by atoms with Crippen LogP contribution in [0.25, 0.3) is 5.69 Å². The van der Waals surface area contributed by atoms with Crippen molar-refractivity contribution in [3.63, 3.8) is 0 Å². The van der Waals surface area contributed by atoms with E-state index in [4.69, 9.17) is 0 Å². The molecule has 1 saturated heterocycles. The molecule has 154 valence electrons. The zero-order chi connectivity index (χ0) is 20.7. The molecule has 30 heavy (non-hydrogen) atoms. The molecule has 0 aliphatic carbocycles. The van der Waals surface area contributed by atoms with E-state index >= 15 is 0 Å². The lowest BCUT2D eigenvalue weighted by Crippen LogP contribution is -2.51. The standard InChI is InChI=1S/C22H24N6O2/c1-2-4-19-16-11-17(20-5-3-6-21(29)28(19)20)13-26(12-16)22(30)15-7-9-18(10-8-15)27-14-23-24-25-27/h3,5-10,14,16-17,19H,2,4,11-13H2,1H3/t16-,17+,19-/m0/s1. The Labute approximate surface area is 174 Å². The molecule has 0 radical (unpaired) electrons. The molecule has 2 aromatic heterocycles. The van der Waals surface area contributed by atoms with E-state index in [9.17, 15) is 9.59 Å². The van der Waals surface area contributed by atoms with Crippen LogP contribution in [0.5, 0.6) is 0 Å². The first kappa shape index (κ1) is 18.7. The number of likely N-dealkylation sites (tertiary alicyclic amines) is 1. The summed E-state index contributed by atoms with van der Waals surface area (Å²) in [5.74, 6) is 0.547. The molecule has 8 heteroatoms. The summed E-state index contributed by atoms with van der Waals surface area (Å²) in [5.41, 5.74) is 2.62. The normalized spacial score (nSPS) is 22.6. The molecule has 4 heterocycles. The second kappa shape index (κ2) is 7.51. The first-order chi connectivity index (χ1) is 14.7. The number of rotatable bonds is 4. The van der Waals surface area contributed by atoms with E-state index in [1.54, 1.807) is 10.7 Å². The Morgan fingerprint density at radius 3 is 2.70 bits per heavy atom. The summed E-state index contributed by atoms with van der Waals surface area (Å²) in [5, 5.41) is 11.2. The molecule has 0 unspecified atom stereocenters. The molecular weight excluding hydrogens is 380 g/mol. The van der Waals surface area contributed by atoms with Crippen molar-refractivity contribution >= 4 is 5.91 Å². The van der Waals surface area contributed by atoms with Gasteiger partial charge in [0.15, 0.2) is 0 Å². The maximum atomic E-state index is 13.3. The van der Waals surface area contributed by atoms with E-state index in [0.29, 0.717) is 24.6 Å². The van der Waals surface area contributed by atoms with Crippen LogP contribution in [0.1, 0.15) is 54.2 Å². The van der Waals surface area contributed by atoms with Crippen molar-refractivity contribution in [3.8, 4) is 5.69 Å². The van der Waals surface area contributed by atoms with Crippen molar-refractivity contribution in [3.05, 3.63) is 70.4 Å². The summed E-state index contributed by atoms with van der Waals surface area (Å²) >= 11 is 0. The number of pyridine rings is 1. The van der Waals surface area contributed by atoms with Gasteiger partial charge in [0.25, 0.3) is 11.5 Å². The Morgan fingerprint density at radius 2 is 1.97 bits per heavy atom. The molecule has 3 atom stereocenters. The third-order valence-corrected chi connectivity index (χ3v) is 6.40. The Morgan fingerprint density at radius 1 is 1.13 bits per heavy atom. The minimum atomic E-state index is 0.0370. The Hall–Kier alpha value is -3.29. The third-order valence-electron chi connectivity index (χ3n) is 6.40. The van der Waals surface area contributed by atoms with E-state index in [-0.39, 0.29) is 23.4 Å². The lowest BCUT2D eigenvalue weighted by atomic mass is 9.77. The van der Waals surface area contributed by atoms with Crippen LogP contribution in [-0.2, 0) is 0 Å². The summed E-state index contributed by atoms with van der Waals surface area (Å²) in [4.78, 5) is 27.9. The average molecular weight is 404 g/mol. The van der Waals surface area contributed by atoms with E-state index in [2.05, 4.69) is 28.5 Å². The van der Waals surface area contributed by atoms with Crippen LogP contribution in [0.15, 0.2) is 53.6 Å². The van der Waals surface area contributed by atoms with Crippen molar-refractivity contribution < 1.29 is 4.79 Å². The minimum Gasteiger partial charge on any atom is -0.338 e. The van der Waals surface area contributed by atoms with Gasteiger partial charge in [-0.05, 0) is 59.5 Å². The second-order valence-corrected chi connectivity index (χ2v) is 8.22. The summed E-state index contributed by atoms with van der Waals surface area (Å²) in [6.07, 6.45) is 4.53. The summed E-state index contributed by atoms with van der Waals surface area (Å²) in [6.45, 7) is 3.49. The number of fused-ring (bicyclic) bond motifs is 4. The van der Waals surface area contributed by atoms with E-state index < -0.39 is 0 Å². The van der Waals surface area contributed by atoms with Crippen LogP contribution < -0.4 is 5.56 Å². The fourth-order valence-corrected chi connectivity index (χ4v) is 5.09. The molecule has 3 aromatic rings. The maximum absolute atomic E-state index is 13.3. The van der Waals surface area contributed by atoms with Gasteiger partial charge in [-0.2, -0.15) is 0 Å². The summed E-state index contributed by atoms with van der Waals surface area (Å²) < 4.78 is 3.56. The fraction of sp³-hybridized carbons (Fsp3) is 0.409. The molecular formula is C22H24N6O2. The number of nitrogens with zero attached hydrogens (tertiary/aromatic N) is 6. The molecule has 1 aromatic carbocycles. The van der Waals surface area contributed by atoms with Crippen molar-refractivity contribution in [2.24, 2.45) is 5.92 Å². The van der Waals surface area contributed by atoms with Crippen molar-refractivity contribution in [2.45, 2.75) is 38.1 Å². The van der Waals surface area contributed by atoms with Crippen LogP contribution in [0.3, 0.4) is 0 Å². The van der Waals surface area contributed by atoms with Gasteiger partial charge in [-0.3, -0.25) is 9.59 Å². The summed E-state index contributed by atoms with van der Waals surface area (Å²) in [6, 6.07) is 13.1. The zero-order valence-electron chi connectivity index (χ0n) is 16.9. The number of hydrogen-bond acceptors (Lipinski definition) is 5. The van der Waals surface area contributed by atoms with Crippen LogP contribution in [0.2, 0.25) is 0 Å². The lowest BCUT2D eigenvalue weighted by Gasteiger charge is -2.47. The van der Waals surface area contributed by atoms with Gasteiger partial charge >= 0.3 is 0 Å².